The summed E-state index contributed by atoms with van der Waals surface area (Å²) in [6.45, 7) is 3.86. The molecular formula is C16H26N2O. The van der Waals surface area contributed by atoms with Crippen LogP contribution in [0.1, 0.15) is 48.5 Å². The van der Waals surface area contributed by atoms with Gasteiger partial charge in [-0.05, 0) is 38.1 Å². The summed E-state index contributed by atoms with van der Waals surface area (Å²) in [6.07, 6.45) is 5.61. The van der Waals surface area contributed by atoms with Gasteiger partial charge in [0.15, 0.2) is 0 Å². The molecule has 0 heterocycles. The van der Waals surface area contributed by atoms with E-state index in [4.69, 9.17) is 0 Å². The summed E-state index contributed by atoms with van der Waals surface area (Å²) in [5.41, 5.74) is 1.93. The van der Waals surface area contributed by atoms with Crippen LogP contribution in [0.5, 0.6) is 0 Å². The number of hydrogen-bond donors (Lipinski definition) is 2. The van der Waals surface area contributed by atoms with Crippen LogP contribution in [0.25, 0.3) is 0 Å². The van der Waals surface area contributed by atoms with Crippen molar-refractivity contribution in [3.05, 3.63) is 35.4 Å². The molecule has 0 spiro atoms. The summed E-state index contributed by atoms with van der Waals surface area (Å²) >= 11 is 0. The van der Waals surface area contributed by atoms with E-state index in [2.05, 4.69) is 17.6 Å². The van der Waals surface area contributed by atoms with Gasteiger partial charge in [-0.25, -0.2) is 0 Å². The lowest BCUT2D eigenvalue weighted by Gasteiger charge is -2.10. The van der Waals surface area contributed by atoms with Gasteiger partial charge in [-0.1, -0.05) is 44.4 Å². The van der Waals surface area contributed by atoms with Gasteiger partial charge >= 0.3 is 0 Å². The first-order valence-electron chi connectivity index (χ1n) is 7.30. The van der Waals surface area contributed by atoms with E-state index < -0.39 is 0 Å². The Bertz CT molecular complexity index is 377. The molecule has 106 valence electrons. The van der Waals surface area contributed by atoms with Gasteiger partial charge in [0.25, 0.3) is 5.91 Å². The Kier molecular flexibility index (Phi) is 7.91. The highest BCUT2D eigenvalue weighted by atomic mass is 16.1. The van der Waals surface area contributed by atoms with Crippen LogP contribution in [-0.2, 0) is 6.42 Å². The number of carbonyl (C=O) groups excluding carboxylic acids is 1. The zero-order chi connectivity index (χ0) is 13.9. The fraction of sp³-hybridized carbons (Fsp3) is 0.562. The predicted molar refractivity (Wildman–Crippen MR) is 80.5 cm³/mol. The van der Waals surface area contributed by atoms with Crippen molar-refractivity contribution < 1.29 is 4.79 Å². The Hall–Kier alpha value is -1.35. The van der Waals surface area contributed by atoms with E-state index in [1.165, 1.54) is 19.3 Å². The minimum absolute atomic E-state index is 0.0585. The molecule has 0 aliphatic heterocycles. The standard InChI is InChI=1S/C16H26N2O/c1-3-4-5-8-12-18-16(19)15-10-7-6-9-14(15)11-13-17-2/h6-7,9-10,17H,3-5,8,11-13H2,1-2H3,(H,18,19). The number of carbonyl (C=O) groups is 1. The van der Waals surface area contributed by atoms with Gasteiger partial charge in [-0.15, -0.1) is 0 Å². The van der Waals surface area contributed by atoms with Crippen LogP contribution in [0.3, 0.4) is 0 Å². The topological polar surface area (TPSA) is 41.1 Å². The molecule has 2 N–H and O–H groups in total. The van der Waals surface area contributed by atoms with Crippen molar-refractivity contribution in [2.45, 2.75) is 39.0 Å². The Labute approximate surface area is 116 Å². The second-order valence-corrected chi connectivity index (χ2v) is 4.83. The Morgan fingerprint density at radius 1 is 1.11 bits per heavy atom. The lowest BCUT2D eigenvalue weighted by atomic mass is 10.0. The van der Waals surface area contributed by atoms with Crippen LogP contribution >= 0.6 is 0 Å². The molecule has 3 nitrogen and oxygen atoms in total. The summed E-state index contributed by atoms with van der Waals surface area (Å²) in [7, 11) is 1.93. The Balaban J connectivity index is 2.46. The van der Waals surface area contributed by atoms with Gasteiger partial charge in [-0.2, -0.15) is 0 Å². The number of unbranched alkanes of at least 4 members (excludes halogenated alkanes) is 3. The van der Waals surface area contributed by atoms with Crippen molar-refractivity contribution in [3.63, 3.8) is 0 Å². The van der Waals surface area contributed by atoms with E-state index in [0.717, 1.165) is 37.1 Å². The number of benzene rings is 1. The quantitative estimate of drug-likeness (QED) is 0.672. The average Bonchev–Trinajstić information content (AvgIpc) is 2.45. The molecule has 0 saturated heterocycles. The van der Waals surface area contributed by atoms with Crippen LogP contribution in [0.4, 0.5) is 0 Å². The summed E-state index contributed by atoms with van der Waals surface area (Å²) in [5.74, 6) is 0.0585. The number of nitrogens with one attached hydrogen (secondary N) is 2. The molecule has 19 heavy (non-hydrogen) atoms. The summed E-state index contributed by atoms with van der Waals surface area (Å²) in [4.78, 5) is 12.1. The highest BCUT2D eigenvalue weighted by Gasteiger charge is 2.09. The number of amides is 1. The van der Waals surface area contributed by atoms with Crippen LogP contribution in [0.15, 0.2) is 24.3 Å². The fourth-order valence-electron chi connectivity index (χ4n) is 2.07. The Morgan fingerprint density at radius 2 is 1.89 bits per heavy atom. The second kappa shape index (κ2) is 9.56. The number of hydrogen-bond acceptors (Lipinski definition) is 2. The highest BCUT2D eigenvalue weighted by Crippen LogP contribution is 2.09. The number of rotatable bonds is 9. The third-order valence-electron chi connectivity index (χ3n) is 3.22. The maximum atomic E-state index is 12.1. The molecule has 1 aromatic carbocycles. The SMILES string of the molecule is CCCCCCNC(=O)c1ccccc1CCNC. The summed E-state index contributed by atoms with van der Waals surface area (Å²) in [5, 5.41) is 6.13. The van der Waals surface area contributed by atoms with Crippen molar-refractivity contribution in [1.29, 1.82) is 0 Å². The van der Waals surface area contributed by atoms with Gasteiger partial charge in [0.05, 0.1) is 0 Å². The van der Waals surface area contributed by atoms with Crippen LogP contribution < -0.4 is 10.6 Å². The van der Waals surface area contributed by atoms with Crippen LogP contribution in [0, 0.1) is 0 Å². The van der Waals surface area contributed by atoms with Crippen molar-refractivity contribution in [2.24, 2.45) is 0 Å². The molecule has 0 aliphatic rings. The largest absolute Gasteiger partial charge is 0.352 e. The van der Waals surface area contributed by atoms with Crippen molar-refractivity contribution in [2.75, 3.05) is 20.1 Å². The summed E-state index contributed by atoms with van der Waals surface area (Å²) < 4.78 is 0. The third-order valence-corrected chi connectivity index (χ3v) is 3.22. The summed E-state index contributed by atoms with van der Waals surface area (Å²) in [6, 6.07) is 7.85. The lowest BCUT2D eigenvalue weighted by molar-refractivity contribution is 0.0952. The van der Waals surface area contributed by atoms with Crippen molar-refractivity contribution >= 4 is 5.91 Å². The fourth-order valence-corrected chi connectivity index (χ4v) is 2.07. The minimum atomic E-state index is 0.0585. The molecule has 0 fully saturated rings. The molecule has 1 rings (SSSR count). The number of likely N-dealkylation sites (N-methyl/N-ethyl adjacent to an activating group) is 1. The maximum absolute atomic E-state index is 12.1. The minimum Gasteiger partial charge on any atom is -0.352 e. The lowest BCUT2D eigenvalue weighted by Crippen LogP contribution is -2.26. The smallest absolute Gasteiger partial charge is 0.251 e. The molecule has 0 radical (unpaired) electrons. The first kappa shape index (κ1) is 15.7. The van der Waals surface area contributed by atoms with Gasteiger partial charge < -0.3 is 10.6 Å². The highest BCUT2D eigenvalue weighted by molar-refractivity contribution is 5.95. The van der Waals surface area contributed by atoms with Crippen LogP contribution in [-0.4, -0.2) is 26.0 Å². The van der Waals surface area contributed by atoms with E-state index in [1.807, 2.05) is 31.3 Å². The monoisotopic (exact) mass is 262 g/mol. The van der Waals surface area contributed by atoms with Gasteiger partial charge in [0.1, 0.15) is 0 Å². The molecule has 0 bridgehead atoms. The van der Waals surface area contributed by atoms with E-state index >= 15 is 0 Å². The molecular weight excluding hydrogens is 236 g/mol. The van der Waals surface area contributed by atoms with Gasteiger partial charge in [-0.3, -0.25) is 4.79 Å². The van der Waals surface area contributed by atoms with E-state index in [-0.39, 0.29) is 5.91 Å². The molecule has 0 aliphatic carbocycles. The second-order valence-electron chi connectivity index (χ2n) is 4.83. The molecule has 0 unspecified atom stereocenters. The molecule has 1 amide bonds. The van der Waals surface area contributed by atoms with Crippen molar-refractivity contribution in [3.8, 4) is 0 Å². The zero-order valence-electron chi connectivity index (χ0n) is 12.2. The first-order valence-corrected chi connectivity index (χ1v) is 7.30. The molecule has 0 aromatic heterocycles. The predicted octanol–water partition coefficient (Wildman–Crippen LogP) is 2.76. The Morgan fingerprint density at radius 3 is 2.63 bits per heavy atom. The third kappa shape index (κ3) is 5.88. The van der Waals surface area contributed by atoms with Gasteiger partial charge in [0.2, 0.25) is 0 Å². The maximum Gasteiger partial charge on any atom is 0.251 e. The molecule has 0 atom stereocenters. The average molecular weight is 262 g/mol. The van der Waals surface area contributed by atoms with Crippen molar-refractivity contribution in [1.82, 2.24) is 10.6 Å². The molecule has 1 aromatic rings. The molecule has 3 heteroatoms. The first-order chi connectivity index (χ1) is 9.29. The molecule has 0 saturated carbocycles. The zero-order valence-corrected chi connectivity index (χ0v) is 12.2. The van der Waals surface area contributed by atoms with E-state index in [9.17, 15) is 4.79 Å². The van der Waals surface area contributed by atoms with Gasteiger partial charge in [0, 0.05) is 12.1 Å². The van der Waals surface area contributed by atoms with Crippen LogP contribution in [0.2, 0.25) is 0 Å². The normalized spacial score (nSPS) is 10.4. The van der Waals surface area contributed by atoms with E-state index in [1.54, 1.807) is 0 Å². The van der Waals surface area contributed by atoms with E-state index in [0.29, 0.717) is 0 Å².